The first-order chi connectivity index (χ1) is 14.1. The molecule has 1 aromatic heterocycles. The topological polar surface area (TPSA) is 62.7 Å². The van der Waals surface area contributed by atoms with Crippen LogP contribution in [0.2, 0.25) is 0 Å². The molecule has 1 atom stereocenters. The molecule has 0 spiro atoms. The van der Waals surface area contributed by atoms with Crippen LogP contribution >= 0.6 is 0 Å². The zero-order chi connectivity index (χ0) is 20.2. The van der Waals surface area contributed by atoms with Crippen molar-refractivity contribution >= 4 is 11.8 Å². The Kier molecular flexibility index (Phi) is 5.79. The normalized spacial score (nSPS) is 20.2. The molecule has 0 unspecified atom stereocenters. The molecule has 6 nitrogen and oxygen atoms in total. The van der Waals surface area contributed by atoms with Crippen molar-refractivity contribution in [1.82, 2.24) is 14.8 Å². The van der Waals surface area contributed by atoms with E-state index in [1.165, 1.54) is 0 Å². The number of carbonyl (C=O) groups is 2. The Balaban J connectivity index is 1.28. The average Bonchev–Trinajstić information content (AvgIpc) is 3.11. The van der Waals surface area contributed by atoms with Crippen LogP contribution in [0.25, 0.3) is 0 Å². The number of likely N-dealkylation sites (tertiary alicyclic amines) is 2. The van der Waals surface area contributed by atoms with Gasteiger partial charge in [-0.15, -0.1) is 0 Å². The smallest absolute Gasteiger partial charge is 0.227 e. The van der Waals surface area contributed by atoms with E-state index in [1.54, 1.807) is 11.1 Å². The molecule has 3 heterocycles. The minimum Gasteiger partial charge on any atom is -0.490 e. The van der Waals surface area contributed by atoms with Gasteiger partial charge in [-0.3, -0.25) is 14.6 Å². The number of aryl methyl sites for hydroxylation is 1. The van der Waals surface area contributed by atoms with E-state index in [0.29, 0.717) is 32.6 Å². The van der Waals surface area contributed by atoms with Crippen LogP contribution in [-0.4, -0.2) is 52.3 Å². The molecule has 2 amide bonds. The van der Waals surface area contributed by atoms with Crippen molar-refractivity contribution in [2.75, 3.05) is 19.6 Å². The number of hydrogen-bond donors (Lipinski definition) is 0. The summed E-state index contributed by atoms with van der Waals surface area (Å²) >= 11 is 0. The molecule has 2 aliphatic heterocycles. The molecule has 0 bridgehead atoms. The van der Waals surface area contributed by atoms with Crippen molar-refractivity contribution in [2.45, 2.75) is 38.8 Å². The number of ether oxygens (including phenoxy) is 1. The number of pyridine rings is 1. The van der Waals surface area contributed by atoms with E-state index in [2.05, 4.69) is 4.98 Å². The summed E-state index contributed by atoms with van der Waals surface area (Å²) in [6, 6.07) is 13.7. The Bertz CT molecular complexity index is 863. The van der Waals surface area contributed by atoms with E-state index in [9.17, 15) is 9.59 Å². The fourth-order valence-corrected chi connectivity index (χ4v) is 4.10. The summed E-state index contributed by atoms with van der Waals surface area (Å²) in [4.78, 5) is 33.3. The van der Waals surface area contributed by atoms with Crippen LogP contribution in [0.15, 0.2) is 48.7 Å². The lowest BCUT2D eigenvalue weighted by atomic mass is 10.0. The maximum Gasteiger partial charge on any atom is 0.227 e. The molecule has 4 rings (SSSR count). The summed E-state index contributed by atoms with van der Waals surface area (Å²) in [6.45, 7) is 4.35. The quantitative estimate of drug-likeness (QED) is 0.784. The van der Waals surface area contributed by atoms with Gasteiger partial charge in [0.2, 0.25) is 11.8 Å². The third-order valence-corrected chi connectivity index (χ3v) is 5.78. The van der Waals surface area contributed by atoms with Crippen LogP contribution < -0.4 is 4.74 Å². The van der Waals surface area contributed by atoms with E-state index in [-0.39, 0.29) is 23.8 Å². The molecule has 2 fully saturated rings. The molecule has 6 heteroatoms. The highest BCUT2D eigenvalue weighted by Gasteiger charge is 2.37. The van der Waals surface area contributed by atoms with E-state index in [4.69, 9.17) is 4.74 Å². The minimum absolute atomic E-state index is 0.0341. The molecule has 0 saturated carbocycles. The van der Waals surface area contributed by atoms with E-state index in [1.807, 2.05) is 54.3 Å². The molecule has 2 aromatic rings. The third kappa shape index (κ3) is 4.58. The average molecular weight is 393 g/mol. The van der Waals surface area contributed by atoms with Crippen LogP contribution in [0.5, 0.6) is 5.75 Å². The molecule has 0 radical (unpaired) electrons. The maximum absolute atomic E-state index is 13.0. The number of nitrogens with zero attached hydrogens (tertiary/aromatic N) is 3. The maximum atomic E-state index is 13.0. The highest BCUT2D eigenvalue weighted by atomic mass is 16.5. The predicted molar refractivity (Wildman–Crippen MR) is 109 cm³/mol. The van der Waals surface area contributed by atoms with Crippen molar-refractivity contribution in [1.29, 1.82) is 0 Å². The molecule has 2 saturated heterocycles. The Labute approximate surface area is 171 Å². The second-order valence-corrected chi connectivity index (χ2v) is 7.90. The lowest BCUT2D eigenvalue weighted by molar-refractivity contribution is -0.137. The van der Waals surface area contributed by atoms with Gasteiger partial charge in [0.1, 0.15) is 11.9 Å². The third-order valence-electron chi connectivity index (χ3n) is 5.78. The van der Waals surface area contributed by atoms with E-state index in [0.717, 1.165) is 29.8 Å². The molecular formula is C23H27N3O3. The fourth-order valence-electron chi connectivity index (χ4n) is 4.10. The molecule has 0 N–H and O–H groups in total. The van der Waals surface area contributed by atoms with Crippen molar-refractivity contribution < 1.29 is 14.3 Å². The summed E-state index contributed by atoms with van der Waals surface area (Å²) in [7, 11) is 0. The molecule has 29 heavy (non-hydrogen) atoms. The molecular weight excluding hydrogens is 366 g/mol. The number of amides is 2. The monoisotopic (exact) mass is 393 g/mol. The second kappa shape index (κ2) is 8.64. The highest BCUT2D eigenvalue weighted by molar-refractivity contribution is 5.89. The molecule has 2 aliphatic rings. The van der Waals surface area contributed by atoms with Crippen molar-refractivity contribution in [2.24, 2.45) is 5.92 Å². The van der Waals surface area contributed by atoms with Gasteiger partial charge in [0.15, 0.2) is 0 Å². The Morgan fingerprint density at radius 3 is 2.62 bits per heavy atom. The first-order valence-electron chi connectivity index (χ1n) is 10.3. The summed E-state index contributed by atoms with van der Waals surface area (Å²) in [6.07, 6.45) is 3.79. The largest absolute Gasteiger partial charge is 0.490 e. The number of piperidine rings is 1. The predicted octanol–water partition coefficient (Wildman–Crippen LogP) is 2.81. The van der Waals surface area contributed by atoms with Gasteiger partial charge < -0.3 is 14.5 Å². The second-order valence-electron chi connectivity index (χ2n) is 7.90. The lowest BCUT2D eigenvalue weighted by Crippen LogP contribution is -2.44. The molecule has 0 aliphatic carbocycles. The zero-order valence-corrected chi connectivity index (χ0v) is 16.8. The van der Waals surface area contributed by atoms with Crippen LogP contribution in [0, 0.1) is 12.8 Å². The Morgan fingerprint density at radius 1 is 1.14 bits per heavy atom. The van der Waals surface area contributed by atoms with E-state index < -0.39 is 0 Å². The SMILES string of the molecule is Cc1ccccc1OC1CCN(C(=O)[C@H]2CC(=O)N(Cc3ccccn3)C2)CC1. The van der Waals surface area contributed by atoms with Gasteiger partial charge in [-0.05, 0) is 30.7 Å². The van der Waals surface area contributed by atoms with Crippen molar-refractivity contribution in [3.63, 3.8) is 0 Å². The molecule has 152 valence electrons. The van der Waals surface area contributed by atoms with E-state index >= 15 is 0 Å². The Morgan fingerprint density at radius 2 is 1.90 bits per heavy atom. The number of aromatic nitrogens is 1. The number of hydrogen-bond acceptors (Lipinski definition) is 4. The van der Waals surface area contributed by atoms with Gasteiger partial charge in [-0.1, -0.05) is 24.3 Å². The van der Waals surface area contributed by atoms with Gasteiger partial charge in [0, 0.05) is 45.1 Å². The lowest BCUT2D eigenvalue weighted by Gasteiger charge is -2.33. The standard InChI is InChI=1S/C23H27N3O3/c1-17-6-2-3-8-21(17)29-20-9-12-25(13-10-20)23(28)18-14-22(27)26(15-18)16-19-7-4-5-11-24-19/h2-8,11,18,20H,9-10,12-16H2,1H3/t18-/m0/s1. The fraction of sp³-hybridized carbons (Fsp3) is 0.435. The number of benzene rings is 1. The van der Waals surface area contributed by atoms with Gasteiger partial charge in [0.25, 0.3) is 0 Å². The number of para-hydroxylation sites is 1. The van der Waals surface area contributed by atoms with Gasteiger partial charge in [0.05, 0.1) is 18.2 Å². The highest BCUT2D eigenvalue weighted by Crippen LogP contribution is 2.26. The minimum atomic E-state index is -0.250. The first kappa shape index (κ1) is 19.4. The van der Waals surface area contributed by atoms with Crippen molar-refractivity contribution in [3.05, 3.63) is 59.9 Å². The number of carbonyl (C=O) groups excluding carboxylic acids is 2. The Hall–Kier alpha value is -2.89. The van der Waals surface area contributed by atoms with Crippen LogP contribution in [0.3, 0.4) is 0 Å². The summed E-state index contributed by atoms with van der Waals surface area (Å²) in [5.74, 6) is 0.798. The van der Waals surface area contributed by atoms with Gasteiger partial charge in [-0.2, -0.15) is 0 Å². The summed E-state index contributed by atoms with van der Waals surface area (Å²) in [5, 5.41) is 0. The number of rotatable bonds is 5. The molecule has 1 aromatic carbocycles. The van der Waals surface area contributed by atoms with Crippen LogP contribution in [0.4, 0.5) is 0 Å². The first-order valence-corrected chi connectivity index (χ1v) is 10.3. The van der Waals surface area contributed by atoms with Crippen LogP contribution in [-0.2, 0) is 16.1 Å². The van der Waals surface area contributed by atoms with Gasteiger partial charge >= 0.3 is 0 Å². The summed E-state index contributed by atoms with van der Waals surface area (Å²) < 4.78 is 6.13. The zero-order valence-electron chi connectivity index (χ0n) is 16.8. The van der Waals surface area contributed by atoms with Crippen molar-refractivity contribution in [3.8, 4) is 5.75 Å². The van der Waals surface area contributed by atoms with Gasteiger partial charge in [-0.25, -0.2) is 0 Å². The van der Waals surface area contributed by atoms with Crippen LogP contribution in [0.1, 0.15) is 30.5 Å². The summed E-state index contributed by atoms with van der Waals surface area (Å²) in [5.41, 5.74) is 1.98.